The number of benzene rings is 1. The van der Waals surface area contributed by atoms with Crippen LogP contribution in [0.25, 0.3) is 0 Å². The fraction of sp³-hybridized carbons (Fsp3) is 0.562. The molecule has 104 valence electrons. The molecule has 2 rings (SSSR count). The van der Waals surface area contributed by atoms with Crippen LogP contribution in [0.5, 0.6) is 0 Å². The molecule has 1 aromatic carbocycles. The van der Waals surface area contributed by atoms with Crippen molar-refractivity contribution in [3.8, 4) is 0 Å². The fourth-order valence-corrected chi connectivity index (χ4v) is 2.88. The standard InChI is InChI=1S/C16H24N2O/c1-18(2)15(14-10-4-3-5-11-14)16(19)17-12-13-8-6-7-9-13/h3-5,10-11,13,15H,6-9,12H2,1-2H3,(H,17,19). The van der Waals surface area contributed by atoms with Crippen molar-refractivity contribution < 1.29 is 4.79 Å². The molecule has 19 heavy (non-hydrogen) atoms. The summed E-state index contributed by atoms with van der Waals surface area (Å²) in [6.07, 6.45) is 5.16. The summed E-state index contributed by atoms with van der Waals surface area (Å²) in [6, 6.07) is 9.78. The highest BCUT2D eigenvalue weighted by molar-refractivity contribution is 5.83. The Morgan fingerprint density at radius 2 is 1.89 bits per heavy atom. The maximum absolute atomic E-state index is 12.4. The molecular weight excluding hydrogens is 236 g/mol. The van der Waals surface area contributed by atoms with Gasteiger partial charge in [-0.05, 0) is 38.4 Å². The first kappa shape index (κ1) is 14.1. The predicted molar refractivity (Wildman–Crippen MR) is 77.8 cm³/mol. The third-order valence-corrected chi connectivity index (χ3v) is 3.92. The highest BCUT2D eigenvalue weighted by Gasteiger charge is 2.24. The molecule has 0 heterocycles. The normalized spacial score (nSPS) is 17.6. The highest BCUT2D eigenvalue weighted by Crippen LogP contribution is 2.24. The first-order valence-corrected chi connectivity index (χ1v) is 7.17. The van der Waals surface area contributed by atoms with Crippen molar-refractivity contribution in [2.45, 2.75) is 31.7 Å². The van der Waals surface area contributed by atoms with E-state index in [1.807, 2.05) is 49.3 Å². The van der Waals surface area contributed by atoms with Gasteiger partial charge in [0.1, 0.15) is 6.04 Å². The quantitative estimate of drug-likeness (QED) is 0.882. The smallest absolute Gasteiger partial charge is 0.241 e. The van der Waals surface area contributed by atoms with Crippen LogP contribution in [0, 0.1) is 5.92 Å². The van der Waals surface area contributed by atoms with Gasteiger partial charge in [0.05, 0.1) is 0 Å². The summed E-state index contributed by atoms with van der Waals surface area (Å²) in [7, 11) is 3.90. The number of likely N-dealkylation sites (N-methyl/N-ethyl adjacent to an activating group) is 1. The minimum atomic E-state index is -0.192. The van der Waals surface area contributed by atoms with Crippen molar-refractivity contribution in [1.29, 1.82) is 0 Å². The summed E-state index contributed by atoms with van der Waals surface area (Å²) in [6.45, 7) is 0.829. The minimum absolute atomic E-state index is 0.114. The molecule has 1 N–H and O–H groups in total. The number of carbonyl (C=O) groups excluding carboxylic acids is 1. The Hall–Kier alpha value is -1.35. The molecule has 1 aliphatic carbocycles. The van der Waals surface area contributed by atoms with Gasteiger partial charge in [-0.25, -0.2) is 0 Å². The van der Waals surface area contributed by atoms with E-state index in [9.17, 15) is 4.79 Å². The van der Waals surface area contributed by atoms with Crippen molar-refractivity contribution in [1.82, 2.24) is 10.2 Å². The van der Waals surface area contributed by atoms with Crippen molar-refractivity contribution in [3.05, 3.63) is 35.9 Å². The van der Waals surface area contributed by atoms with Crippen LogP contribution in [-0.4, -0.2) is 31.4 Å². The SMILES string of the molecule is CN(C)C(C(=O)NCC1CCCC1)c1ccccc1. The van der Waals surface area contributed by atoms with Crippen LogP contribution >= 0.6 is 0 Å². The molecule has 1 fully saturated rings. The van der Waals surface area contributed by atoms with Crippen LogP contribution in [0.3, 0.4) is 0 Å². The van der Waals surface area contributed by atoms with E-state index in [1.165, 1.54) is 25.7 Å². The number of nitrogens with zero attached hydrogens (tertiary/aromatic N) is 1. The van der Waals surface area contributed by atoms with Gasteiger partial charge in [0.2, 0.25) is 5.91 Å². The Labute approximate surface area is 116 Å². The van der Waals surface area contributed by atoms with E-state index in [0.29, 0.717) is 5.92 Å². The summed E-state index contributed by atoms with van der Waals surface area (Å²) in [5, 5.41) is 3.12. The van der Waals surface area contributed by atoms with Gasteiger partial charge in [0.25, 0.3) is 0 Å². The molecule has 1 unspecified atom stereocenters. The third-order valence-electron chi connectivity index (χ3n) is 3.92. The van der Waals surface area contributed by atoms with Gasteiger partial charge in [0, 0.05) is 6.54 Å². The van der Waals surface area contributed by atoms with Gasteiger partial charge in [-0.1, -0.05) is 43.2 Å². The maximum atomic E-state index is 12.4. The van der Waals surface area contributed by atoms with Crippen molar-refractivity contribution in [3.63, 3.8) is 0 Å². The van der Waals surface area contributed by atoms with Gasteiger partial charge >= 0.3 is 0 Å². The van der Waals surface area contributed by atoms with E-state index in [1.54, 1.807) is 0 Å². The minimum Gasteiger partial charge on any atom is -0.354 e. The molecule has 3 heteroatoms. The summed E-state index contributed by atoms with van der Waals surface area (Å²) >= 11 is 0. The number of hydrogen-bond acceptors (Lipinski definition) is 2. The van der Waals surface area contributed by atoms with E-state index < -0.39 is 0 Å². The van der Waals surface area contributed by atoms with Crippen molar-refractivity contribution in [2.24, 2.45) is 5.92 Å². The van der Waals surface area contributed by atoms with Gasteiger partial charge in [-0.3, -0.25) is 9.69 Å². The number of amides is 1. The second-order valence-corrected chi connectivity index (χ2v) is 5.67. The largest absolute Gasteiger partial charge is 0.354 e. The molecule has 0 aliphatic heterocycles. The summed E-state index contributed by atoms with van der Waals surface area (Å²) < 4.78 is 0. The zero-order valence-corrected chi connectivity index (χ0v) is 11.9. The van der Waals surface area contributed by atoms with Crippen LogP contribution in [0.1, 0.15) is 37.3 Å². The van der Waals surface area contributed by atoms with Crippen LogP contribution < -0.4 is 5.32 Å². The molecule has 3 nitrogen and oxygen atoms in total. The Bertz CT molecular complexity index is 396. The second-order valence-electron chi connectivity index (χ2n) is 5.67. The molecule has 0 spiro atoms. The Kier molecular flexibility index (Phi) is 4.97. The zero-order chi connectivity index (χ0) is 13.7. The third kappa shape index (κ3) is 3.80. The molecule has 0 saturated heterocycles. The van der Waals surface area contributed by atoms with Crippen molar-refractivity contribution >= 4 is 5.91 Å². The van der Waals surface area contributed by atoms with Gasteiger partial charge in [-0.2, -0.15) is 0 Å². The maximum Gasteiger partial charge on any atom is 0.241 e. The number of rotatable bonds is 5. The average Bonchev–Trinajstić information content (AvgIpc) is 2.90. The summed E-state index contributed by atoms with van der Waals surface area (Å²) in [4.78, 5) is 14.4. The number of nitrogens with one attached hydrogen (secondary N) is 1. The van der Waals surface area contributed by atoms with Crippen LogP contribution in [0.4, 0.5) is 0 Å². The topological polar surface area (TPSA) is 32.3 Å². The van der Waals surface area contributed by atoms with Crippen LogP contribution in [-0.2, 0) is 4.79 Å². The summed E-state index contributed by atoms with van der Waals surface area (Å²) in [5.41, 5.74) is 1.05. The number of hydrogen-bond donors (Lipinski definition) is 1. The molecule has 1 aliphatic rings. The van der Waals surface area contributed by atoms with Crippen LogP contribution in [0.15, 0.2) is 30.3 Å². The van der Waals surface area contributed by atoms with Crippen molar-refractivity contribution in [2.75, 3.05) is 20.6 Å². The molecule has 1 saturated carbocycles. The molecule has 1 atom stereocenters. The van der Waals surface area contributed by atoms with Gasteiger partial charge < -0.3 is 5.32 Å². The first-order valence-electron chi connectivity index (χ1n) is 7.17. The molecule has 1 amide bonds. The van der Waals surface area contributed by atoms with E-state index in [-0.39, 0.29) is 11.9 Å². The van der Waals surface area contributed by atoms with E-state index in [4.69, 9.17) is 0 Å². The first-order chi connectivity index (χ1) is 9.18. The average molecular weight is 260 g/mol. The highest BCUT2D eigenvalue weighted by atomic mass is 16.2. The lowest BCUT2D eigenvalue weighted by atomic mass is 10.0. The van der Waals surface area contributed by atoms with E-state index >= 15 is 0 Å². The lowest BCUT2D eigenvalue weighted by Crippen LogP contribution is -2.38. The predicted octanol–water partition coefficient (Wildman–Crippen LogP) is 2.60. The molecule has 1 aromatic rings. The monoisotopic (exact) mass is 260 g/mol. The fourth-order valence-electron chi connectivity index (χ4n) is 2.88. The summed E-state index contributed by atoms with van der Waals surface area (Å²) in [5.74, 6) is 0.797. The Balaban J connectivity index is 1.96. The molecular formula is C16H24N2O. The van der Waals surface area contributed by atoms with Gasteiger partial charge in [0.15, 0.2) is 0 Å². The molecule has 0 aromatic heterocycles. The Morgan fingerprint density at radius 3 is 2.47 bits per heavy atom. The van der Waals surface area contributed by atoms with Crippen LogP contribution in [0.2, 0.25) is 0 Å². The number of carbonyl (C=O) groups is 1. The van der Waals surface area contributed by atoms with E-state index in [0.717, 1.165) is 12.1 Å². The zero-order valence-electron chi connectivity index (χ0n) is 11.9. The van der Waals surface area contributed by atoms with E-state index in [2.05, 4.69) is 5.32 Å². The lowest BCUT2D eigenvalue weighted by molar-refractivity contribution is -0.125. The molecule has 0 bridgehead atoms. The second kappa shape index (κ2) is 6.71. The molecule has 0 radical (unpaired) electrons. The lowest BCUT2D eigenvalue weighted by Gasteiger charge is -2.24. The Morgan fingerprint density at radius 1 is 1.26 bits per heavy atom. The van der Waals surface area contributed by atoms with Gasteiger partial charge in [-0.15, -0.1) is 0 Å².